The first-order valence-electron chi connectivity index (χ1n) is 7.08. The second kappa shape index (κ2) is 5.58. The summed E-state index contributed by atoms with van der Waals surface area (Å²) in [5, 5.41) is 0. The van der Waals surface area contributed by atoms with Crippen molar-refractivity contribution in [1.29, 1.82) is 0 Å². The molecule has 5 heteroatoms. The average Bonchev–Trinajstić information content (AvgIpc) is 2.99. The molecule has 1 saturated heterocycles. The van der Waals surface area contributed by atoms with E-state index in [0.717, 1.165) is 24.1 Å². The van der Waals surface area contributed by atoms with Crippen molar-refractivity contribution in [2.45, 2.75) is 30.7 Å². The van der Waals surface area contributed by atoms with Crippen LogP contribution in [0.5, 0.6) is 0 Å². The van der Waals surface area contributed by atoms with E-state index in [1.807, 2.05) is 37.3 Å². The van der Waals surface area contributed by atoms with Crippen LogP contribution in [-0.4, -0.2) is 24.3 Å². The van der Waals surface area contributed by atoms with Gasteiger partial charge in [0, 0.05) is 12.7 Å². The fourth-order valence-corrected chi connectivity index (χ4v) is 4.41. The molecule has 1 aliphatic heterocycles. The van der Waals surface area contributed by atoms with Gasteiger partial charge in [-0.1, -0.05) is 23.8 Å². The summed E-state index contributed by atoms with van der Waals surface area (Å²) in [5.41, 5.74) is 1.88. The minimum Gasteiger partial charge on any atom is -0.260 e. The first-order valence-corrected chi connectivity index (χ1v) is 8.52. The van der Waals surface area contributed by atoms with Crippen LogP contribution in [-0.2, 0) is 10.0 Å². The highest BCUT2D eigenvalue weighted by molar-refractivity contribution is 7.89. The summed E-state index contributed by atoms with van der Waals surface area (Å²) in [5.74, 6) is 0. The summed E-state index contributed by atoms with van der Waals surface area (Å²) in [4.78, 5) is 4.68. The first-order chi connectivity index (χ1) is 10.1. The number of rotatable bonds is 3. The Balaban J connectivity index is 1.96. The molecule has 0 amide bonds. The Bertz CT molecular complexity index is 712. The van der Waals surface area contributed by atoms with Gasteiger partial charge in [0.2, 0.25) is 10.0 Å². The number of aryl methyl sites for hydroxylation is 1. The maximum absolute atomic E-state index is 12.8. The van der Waals surface area contributed by atoms with Gasteiger partial charge in [0.05, 0.1) is 16.6 Å². The molecule has 2 aromatic rings. The number of hydrogen-bond acceptors (Lipinski definition) is 3. The molecule has 3 rings (SSSR count). The summed E-state index contributed by atoms with van der Waals surface area (Å²) in [6, 6.07) is 12.5. The molecule has 1 aromatic heterocycles. The van der Waals surface area contributed by atoms with E-state index in [2.05, 4.69) is 4.98 Å². The van der Waals surface area contributed by atoms with E-state index in [4.69, 9.17) is 0 Å². The normalized spacial score (nSPS) is 19.8. The van der Waals surface area contributed by atoms with E-state index >= 15 is 0 Å². The third-order valence-corrected chi connectivity index (χ3v) is 5.78. The molecule has 1 unspecified atom stereocenters. The maximum Gasteiger partial charge on any atom is 0.243 e. The van der Waals surface area contributed by atoms with Crippen LogP contribution in [0.15, 0.2) is 53.6 Å². The molecule has 1 aromatic carbocycles. The summed E-state index contributed by atoms with van der Waals surface area (Å²) in [7, 11) is -3.46. The topological polar surface area (TPSA) is 50.3 Å². The summed E-state index contributed by atoms with van der Waals surface area (Å²) in [6.07, 6.45) is 3.40. The van der Waals surface area contributed by atoms with Crippen molar-refractivity contribution >= 4 is 10.0 Å². The zero-order chi connectivity index (χ0) is 14.9. The fourth-order valence-electron chi connectivity index (χ4n) is 2.74. The van der Waals surface area contributed by atoms with Crippen molar-refractivity contribution < 1.29 is 8.42 Å². The fraction of sp³-hybridized carbons (Fsp3) is 0.312. The number of pyridine rings is 1. The molecule has 1 fully saturated rings. The van der Waals surface area contributed by atoms with Gasteiger partial charge in [-0.15, -0.1) is 0 Å². The van der Waals surface area contributed by atoms with Gasteiger partial charge < -0.3 is 0 Å². The lowest BCUT2D eigenvalue weighted by Gasteiger charge is -2.23. The monoisotopic (exact) mass is 302 g/mol. The minimum atomic E-state index is -3.46. The zero-order valence-electron chi connectivity index (χ0n) is 11.9. The summed E-state index contributed by atoms with van der Waals surface area (Å²) in [6.45, 7) is 2.50. The molecule has 21 heavy (non-hydrogen) atoms. The molecule has 2 heterocycles. The quantitative estimate of drug-likeness (QED) is 0.876. The Hall–Kier alpha value is -1.72. The van der Waals surface area contributed by atoms with Gasteiger partial charge in [-0.25, -0.2) is 8.42 Å². The van der Waals surface area contributed by atoms with Crippen molar-refractivity contribution in [3.05, 3.63) is 59.9 Å². The molecule has 0 spiro atoms. The highest BCUT2D eigenvalue weighted by Gasteiger charge is 2.36. The molecule has 4 nitrogen and oxygen atoms in total. The van der Waals surface area contributed by atoms with E-state index in [1.54, 1.807) is 22.6 Å². The Morgan fingerprint density at radius 3 is 2.57 bits per heavy atom. The standard InChI is InChI=1S/C16H18N2O2S/c1-13-7-9-14(10-8-13)21(19,20)18-12-4-6-16(18)15-5-2-3-11-17-15/h2-3,5,7-11,16H,4,6,12H2,1H3. The van der Waals surface area contributed by atoms with Crippen LogP contribution in [0.4, 0.5) is 0 Å². The molecular weight excluding hydrogens is 284 g/mol. The van der Waals surface area contributed by atoms with Crippen molar-refractivity contribution in [2.24, 2.45) is 0 Å². The Kier molecular flexibility index (Phi) is 3.78. The molecule has 0 bridgehead atoms. The number of sulfonamides is 1. The van der Waals surface area contributed by atoms with Crippen molar-refractivity contribution in [3.63, 3.8) is 0 Å². The van der Waals surface area contributed by atoms with E-state index in [9.17, 15) is 8.42 Å². The van der Waals surface area contributed by atoms with Gasteiger partial charge in [-0.2, -0.15) is 4.31 Å². The summed E-state index contributed by atoms with van der Waals surface area (Å²) >= 11 is 0. The Labute approximate surface area is 125 Å². The van der Waals surface area contributed by atoms with Crippen molar-refractivity contribution in [2.75, 3.05) is 6.54 Å². The van der Waals surface area contributed by atoms with Gasteiger partial charge in [0.25, 0.3) is 0 Å². The van der Waals surface area contributed by atoms with E-state index < -0.39 is 10.0 Å². The van der Waals surface area contributed by atoms with Crippen LogP contribution in [0, 0.1) is 6.92 Å². The highest BCUT2D eigenvalue weighted by Crippen LogP contribution is 2.35. The predicted molar refractivity (Wildman–Crippen MR) is 81.3 cm³/mol. The third-order valence-electron chi connectivity index (χ3n) is 3.86. The van der Waals surface area contributed by atoms with Crippen LogP contribution in [0.2, 0.25) is 0 Å². The first kappa shape index (κ1) is 14.2. The van der Waals surface area contributed by atoms with E-state index in [0.29, 0.717) is 11.4 Å². The summed E-state index contributed by atoms with van der Waals surface area (Å²) < 4.78 is 27.2. The van der Waals surface area contributed by atoms with Crippen LogP contribution in [0.1, 0.15) is 30.1 Å². The van der Waals surface area contributed by atoms with Crippen molar-refractivity contribution in [3.8, 4) is 0 Å². The second-order valence-electron chi connectivity index (χ2n) is 5.34. The van der Waals surface area contributed by atoms with E-state index in [1.165, 1.54) is 0 Å². The van der Waals surface area contributed by atoms with Gasteiger partial charge in [-0.3, -0.25) is 4.98 Å². The number of nitrogens with zero attached hydrogens (tertiary/aromatic N) is 2. The smallest absolute Gasteiger partial charge is 0.243 e. The Morgan fingerprint density at radius 1 is 1.14 bits per heavy atom. The Morgan fingerprint density at radius 2 is 1.90 bits per heavy atom. The minimum absolute atomic E-state index is 0.155. The predicted octanol–water partition coefficient (Wildman–Crippen LogP) is 2.92. The SMILES string of the molecule is Cc1ccc(S(=O)(=O)N2CCCC2c2ccccn2)cc1. The number of aromatic nitrogens is 1. The molecule has 110 valence electrons. The highest BCUT2D eigenvalue weighted by atomic mass is 32.2. The molecular formula is C16H18N2O2S. The largest absolute Gasteiger partial charge is 0.260 e. The molecule has 0 saturated carbocycles. The molecule has 0 N–H and O–H groups in total. The van der Waals surface area contributed by atoms with Gasteiger partial charge in [0.15, 0.2) is 0 Å². The van der Waals surface area contributed by atoms with Gasteiger partial charge >= 0.3 is 0 Å². The maximum atomic E-state index is 12.8. The van der Waals surface area contributed by atoms with Crippen LogP contribution < -0.4 is 0 Å². The van der Waals surface area contributed by atoms with Crippen LogP contribution in [0.25, 0.3) is 0 Å². The lowest BCUT2D eigenvalue weighted by molar-refractivity contribution is 0.390. The van der Waals surface area contributed by atoms with E-state index in [-0.39, 0.29) is 6.04 Å². The second-order valence-corrected chi connectivity index (χ2v) is 7.23. The molecule has 0 aliphatic carbocycles. The lowest BCUT2D eigenvalue weighted by Crippen LogP contribution is -2.31. The molecule has 0 radical (unpaired) electrons. The van der Waals surface area contributed by atoms with Crippen LogP contribution in [0.3, 0.4) is 0 Å². The lowest BCUT2D eigenvalue weighted by atomic mass is 10.1. The number of benzene rings is 1. The van der Waals surface area contributed by atoms with Crippen LogP contribution >= 0.6 is 0 Å². The third kappa shape index (κ3) is 2.71. The van der Waals surface area contributed by atoms with Gasteiger partial charge in [-0.05, 0) is 44.0 Å². The molecule has 1 atom stereocenters. The molecule has 1 aliphatic rings. The van der Waals surface area contributed by atoms with Gasteiger partial charge in [0.1, 0.15) is 0 Å². The average molecular weight is 302 g/mol. The number of hydrogen-bond donors (Lipinski definition) is 0. The zero-order valence-corrected chi connectivity index (χ0v) is 12.8. The van der Waals surface area contributed by atoms with Crippen molar-refractivity contribution in [1.82, 2.24) is 9.29 Å².